The number of nitrogens with one attached hydrogen (secondary N) is 1. The van der Waals surface area contributed by atoms with E-state index in [0.29, 0.717) is 11.4 Å². The highest BCUT2D eigenvalue weighted by atomic mass is 16.5. The number of anilines is 1. The maximum absolute atomic E-state index is 12.7. The lowest BCUT2D eigenvalue weighted by Gasteiger charge is -2.25. The van der Waals surface area contributed by atoms with Crippen LogP contribution < -0.4 is 20.7 Å². The number of hydrogen-bond donors (Lipinski definition) is 4. The predicted octanol–water partition coefficient (Wildman–Crippen LogP) is -0.743. The minimum atomic E-state index is -1.18. The number of nitrogens with zero attached hydrogens (tertiary/aromatic N) is 1. The molecule has 0 radical (unpaired) electrons. The maximum atomic E-state index is 12.7. The third kappa shape index (κ3) is 4.00. The number of aliphatic carboxylic acids is 2. The Morgan fingerprint density at radius 3 is 2.71 bits per heavy atom. The SMILES string of the molecule is NCCC(N[C@H]1COc2ccccc2N(CC(=O)O)C1=O)C(=O)O. The van der Waals surface area contributed by atoms with Gasteiger partial charge < -0.3 is 20.7 Å². The lowest BCUT2D eigenvalue weighted by molar-refractivity contribution is -0.140. The van der Waals surface area contributed by atoms with Crippen LogP contribution in [0.25, 0.3) is 0 Å². The van der Waals surface area contributed by atoms with E-state index >= 15 is 0 Å². The predicted molar refractivity (Wildman–Crippen MR) is 83.9 cm³/mol. The molecule has 2 rings (SSSR count). The van der Waals surface area contributed by atoms with Crippen molar-refractivity contribution < 1.29 is 29.3 Å². The second kappa shape index (κ2) is 7.75. The van der Waals surface area contributed by atoms with Crippen molar-refractivity contribution in [3.63, 3.8) is 0 Å². The minimum absolute atomic E-state index is 0.111. The normalized spacial score (nSPS) is 18.3. The highest BCUT2D eigenvalue weighted by molar-refractivity contribution is 6.02. The first-order valence-electron chi connectivity index (χ1n) is 7.38. The number of amides is 1. The van der Waals surface area contributed by atoms with Gasteiger partial charge in [-0.25, -0.2) is 0 Å². The molecule has 9 nitrogen and oxygen atoms in total. The number of carboxylic acid groups (broad SMARTS) is 2. The average Bonchev–Trinajstić information content (AvgIpc) is 2.66. The number of carbonyl (C=O) groups excluding carboxylic acids is 1. The lowest BCUT2D eigenvalue weighted by atomic mass is 10.1. The zero-order chi connectivity index (χ0) is 17.7. The largest absolute Gasteiger partial charge is 0.489 e. The zero-order valence-electron chi connectivity index (χ0n) is 12.8. The van der Waals surface area contributed by atoms with Gasteiger partial charge in [0.05, 0.1) is 5.69 Å². The molecule has 130 valence electrons. The van der Waals surface area contributed by atoms with E-state index in [4.69, 9.17) is 15.6 Å². The summed E-state index contributed by atoms with van der Waals surface area (Å²) in [6.07, 6.45) is 0.130. The Kier molecular flexibility index (Phi) is 5.72. The summed E-state index contributed by atoms with van der Waals surface area (Å²) in [4.78, 5) is 36.1. The molecule has 1 heterocycles. The van der Waals surface area contributed by atoms with Crippen LogP contribution in [0.3, 0.4) is 0 Å². The number of rotatable bonds is 7. The number of hydrogen-bond acceptors (Lipinski definition) is 6. The summed E-state index contributed by atoms with van der Waals surface area (Å²) in [5.41, 5.74) is 5.73. The molecule has 0 saturated carbocycles. The van der Waals surface area contributed by atoms with Gasteiger partial charge in [-0.3, -0.25) is 24.6 Å². The monoisotopic (exact) mass is 337 g/mol. The Morgan fingerprint density at radius 1 is 1.38 bits per heavy atom. The summed E-state index contributed by atoms with van der Waals surface area (Å²) < 4.78 is 5.56. The van der Waals surface area contributed by atoms with Crippen LogP contribution in [0.2, 0.25) is 0 Å². The molecule has 0 bridgehead atoms. The maximum Gasteiger partial charge on any atom is 0.323 e. The van der Waals surface area contributed by atoms with E-state index in [2.05, 4.69) is 5.32 Å². The Morgan fingerprint density at radius 2 is 2.08 bits per heavy atom. The van der Waals surface area contributed by atoms with E-state index in [0.717, 1.165) is 4.90 Å². The quantitative estimate of drug-likeness (QED) is 0.509. The van der Waals surface area contributed by atoms with Crippen LogP contribution in [-0.4, -0.2) is 59.8 Å². The minimum Gasteiger partial charge on any atom is -0.489 e. The summed E-state index contributed by atoms with van der Waals surface area (Å²) in [6.45, 7) is -0.531. The third-order valence-corrected chi connectivity index (χ3v) is 3.57. The van der Waals surface area contributed by atoms with Crippen molar-refractivity contribution in [2.24, 2.45) is 5.73 Å². The number of carboxylic acids is 2. The number of fused-ring (bicyclic) bond motifs is 1. The molecule has 24 heavy (non-hydrogen) atoms. The lowest BCUT2D eigenvalue weighted by Crippen LogP contribution is -2.54. The molecule has 1 unspecified atom stereocenters. The molecule has 1 aromatic carbocycles. The summed E-state index contributed by atoms with van der Waals surface area (Å²) >= 11 is 0. The first kappa shape index (κ1) is 17.7. The van der Waals surface area contributed by atoms with Crippen LogP contribution in [0, 0.1) is 0 Å². The van der Waals surface area contributed by atoms with Gasteiger partial charge in [0, 0.05) is 0 Å². The van der Waals surface area contributed by atoms with Crippen LogP contribution in [0.4, 0.5) is 5.69 Å². The number of ether oxygens (including phenoxy) is 1. The molecule has 1 aromatic rings. The number of para-hydroxylation sites is 2. The average molecular weight is 337 g/mol. The standard InChI is InChI=1S/C15H19N3O6/c16-6-5-9(15(22)23)17-10-8-24-12-4-2-1-3-11(12)18(14(10)21)7-13(19)20/h1-4,9-10,17H,5-8,16H2,(H,19,20)(H,22,23)/t9?,10-/m0/s1. The fraction of sp³-hybridized carbons (Fsp3) is 0.400. The fourth-order valence-corrected chi connectivity index (χ4v) is 2.46. The van der Waals surface area contributed by atoms with E-state index in [1.54, 1.807) is 24.3 Å². The number of nitrogens with two attached hydrogens (primary N) is 1. The molecule has 0 fully saturated rings. The van der Waals surface area contributed by atoms with Crippen LogP contribution in [-0.2, 0) is 14.4 Å². The summed E-state index contributed by atoms with van der Waals surface area (Å²) in [7, 11) is 0. The van der Waals surface area contributed by atoms with Gasteiger partial charge in [0.15, 0.2) is 0 Å². The van der Waals surface area contributed by atoms with E-state index in [9.17, 15) is 19.5 Å². The smallest absolute Gasteiger partial charge is 0.323 e. The van der Waals surface area contributed by atoms with Gasteiger partial charge in [0.1, 0.15) is 31.0 Å². The molecule has 1 aliphatic heterocycles. The van der Waals surface area contributed by atoms with Crippen LogP contribution in [0.1, 0.15) is 6.42 Å². The summed E-state index contributed by atoms with van der Waals surface area (Å²) in [5, 5.41) is 21.0. The van der Waals surface area contributed by atoms with E-state index in [-0.39, 0.29) is 19.6 Å². The second-order valence-electron chi connectivity index (χ2n) is 5.28. The highest BCUT2D eigenvalue weighted by Gasteiger charge is 2.34. The van der Waals surface area contributed by atoms with E-state index in [1.807, 2.05) is 0 Å². The highest BCUT2D eigenvalue weighted by Crippen LogP contribution is 2.30. The van der Waals surface area contributed by atoms with Crippen LogP contribution in [0.5, 0.6) is 5.75 Å². The van der Waals surface area contributed by atoms with Gasteiger partial charge in [-0.05, 0) is 25.1 Å². The van der Waals surface area contributed by atoms with Gasteiger partial charge in [0.25, 0.3) is 0 Å². The molecule has 9 heteroatoms. The van der Waals surface area contributed by atoms with E-state index < -0.39 is 36.5 Å². The number of benzene rings is 1. The molecular formula is C15H19N3O6. The Bertz CT molecular complexity index is 635. The molecule has 1 aliphatic rings. The van der Waals surface area contributed by atoms with Crippen molar-refractivity contribution in [2.45, 2.75) is 18.5 Å². The third-order valence-electron chi connectivity index (χ3n) is 3.57. The summed E-state index contributed by atoms with van der Waals surface area (Å²) in [6, 6.07) is 4.53. The topological polar surface area (TPSA) is 142 Å². The summed E-state index contributed by atoms with van der Waals surface area (Å²) in [5.74, 6) is -2.52. The van der Waals surface area contributed by atoms with Gasteiger partial charge in [0.2, 0.25) is 5.91 Å². The first-order chi connectivity index (χ1) is 11.4. The molecule has 2 atom stereocenters. The number of carbonyl (C=O) groups is 3. The van der Waals surface area contributed by atoms with Crippen molar-refractivity contribution in [3.05, 3.63) is 24.3 Å². The van der Waals surface area contributed by atoms with Gasteiger partial charge in [-0.15, -0.1) is 0 Å². The van der Waals surface area contributed by atoms with Crippen LogP contribution in [0.15, 0.2) is 24.3 Å². The van der Waals surface area contributed by atoms with Gasteiger partial charge in [-0.2, -0.15) is 0 Å². The van der Waals surface area contributed by atoms with Crippen molar-refractivity contribution >= 4 is 23.5 Å². The fourth-order valence-electron chi connectivity index (χ4n) is 2.46. The molecule has 0 spiro atoms. The van der Waals surface area contributed by atoms with Crippen molar-refractivity contribution in [3.8, 4) is 5.75 Å². The molecule has 0 aliphatic carbocycles. The van der Waals surface area contributed by atoms with Crippen molar-refractivity contribution in [1.29, 1.82) is 0 Å². The van der Waals surface area contributed by atoms with Crippen LogP contribution >= 0.6 is 0 Å². The molecule has 0 saturated heterocycles. The van der Waals surface area contributed by atoms with Gasteiger partial charge >= 0.3 is 11.9 Å². The second-order valence-corrected chi connectivity index (χ2v) is 5.28. The Labute approximate surface area is 138 Å². The Hall–Kier alpha value is -2.65. The molecule has 5 N–H and O–H groups in total. The molecule has 1 amide bonds. The van der Waals surface area contributed by atoms with Crippen molar-refractivity contribution in [2.75, 3.05) is 24.6 Å². The molecular weight excluding hydrogens is 318 g/mol. The Balaban J connectivity index is 2.28. The zero-order valence-corrected chi connectivity index (χ0v) is 12.8. The van der Waals surface area contributed by atoms with E-state index in [1.165, 1.54) is 0 Å². The first-order valence-corrected chi connectivity index (χ1v) is 7.38. The van der Waals surface area contributed by atoms with Gasteiger partial charge in [-0.1, -0.05) is 12.1 Å². The van der Waals surface area contributed by atoms with Crippen molar-refractivity contribution in [1.82, 2.24) is 5.32 Å². The molecule has 0 aromatic heterocycles.